The van der Waals surface area contributed by atoms with E-state index in [0.717, 1.165) is 13.0 Å². The fraction of sp³-hybridized carbons (Fsp3) is 0.727. The number of nitrogens with one attached hydrogen (secondary N) is 1. The van der Waals surface area contributed by atoms with Crippen LogP contribution in [0.1, 0.15) is 49.1 Å². The van der Waals surface area contributed by atoms with E-state index in [4.69, 9.17) is 5.73 Å². The highest BCUT2D eigenvalue weighted by atomic mass is 15.1. The van der Waals surface area contributed by atoms with Crippen LogP contribution >= 0.6 is 0 Å². The Labute approximate surface area is 85.1 Å². The van der Waals surface area contributed by atoms with Crippen LogP contribution in [0.5, 0.6) is 0 Å². The zero-order valence-corrected chi connectivity index (χ0v) is 8.84. The fourth-order valence-corrected chi connectivity index (χ4v) is 2.30. The van der Waals surface area contributed by atoms with Crippen molar-refractivity contribution in [1.82, 2.24) is 10.2 Å². The highest BCUT2D eigenvalue weighted by Crippen LogP contribution is 2.28. The topological polar surface area (TPSA) is 54.7 Å². The van der Waals surface area contributed by atoms with Crippen LogP contribution in [0.2, 0.25) is 0 Å². The Bertz CT molecular complexity index is 303. The van der Waals surface area contributed by atoms with E-state index >= 15 is 0 Å². The third kappa shape index (κ3) is 1.69. The average molecular weight is 193 g/mol. The van der Waals surface area contributed by atoms with Gasteiger partial charge in [0.15, 0.2) is 0 Å². The van der Waals surface area contributed by atoms with Crippen molar-refractivity contribution < 1.29 is 0 Å². The molecule has 1 aliphatic carbocycles. The van der Waals surface area contributed by atoms with Gasteiger partial charge in [-0.2, -0.15) is 5.10 Å². The molecule has 0 amide bonds. The van der Waals surface area contributed by atoms with Crippen LogP contribution in [0.4, 0.5) is 0 Å². The normalized spacial score (nSPS) is 17.9. The van der Waals surface area contributed by atoms with E-state index in [1.54, 1.807) is 0 Å². The maximum atomic E-state index is 5.57. The van der Waals surface area contributed by atoms with Gasteiger partial charge in [-0.05, 0) is 44.2 Å². The number of hydrogen-bond donors (Lipinski definition) is 2. The molecule has 1 heterocycles. The van der Waals surface area contributed by atoms with Gasteiger partial charge >= 0.3 is 0 Å². The predicted octanol–water partition coefficient (Wildman–Crippen LogP) is 1.74. The maximum absolute atomic E-state index is 5.57. The second kappa shape index (κ2) is 4.13. The molecule has 0 fully saturated rings. The van der Waals surface area contributed by atoms with Gasteiger partial charge < -0.3 is 5.73 Å². The third-order valence-electron chi connectivity index (χ3n) is 3.15. The SMILES string of the molecule is CC(CCN)c1n[nH]c2c1CCCC2. The molecule has 3 heteroatoms. The summed E-state index contributed by atoms with van der Waals surface area (Å²) in [6.45, 7) is 2.97. The minimum absolute atomic E-state index is 0.512. The van der Waals surface area contributed by atoms with Crippen LogP contribution in [0.15, 0.2) is 0 Å². The van der Waals surface area contributed by atoms with Gasteiger partial charge in [-0.25, -0.2) is 0 Å². The van der Waals surface area contributed by atoms with E-state index in [9.17, 15) is 0 Å². The van der Waals surface area contributed by atoms with Crippen molar-refractivity contribution in [2.24, 2.45) is 5.73 Å². The molecule has 0 aromatic carbocycles. The molecule has 1 unspecified atom stereocenters. The van der Waals surface area contributed by atoms with E-state index in [0.29, 0.717) is 5.92 Å². The highest BCUT2D eigenvalue weighted by molar-refractivity contribution is 5.29. The van der Waals surface area contributed by atoms with Crippen molar-refractivity contribution in [3.05, 3.63) is 17.0 Å². The molecular formula is C11H19N3. The summed E-state index contributed by atoms with van der Waals surface area (Å²) in [4.78, 5) is 0. The molecule has 3 N–H and O–H groups in total. The second-order valence-corrected chi connectivity index (χ2v) is 4.25. The number of rotatable bonds is 3. The van der Waals surface area contributed by atoms with Crippen LogP contribution in [0.25, 0.3) is 0 Å². The van der Waals surface area contributed by atoms with Gasteiger partial charge in [-0.1, -0.05) is 6.92 Å². The summed E-state index contributed by atoms with van der Waals surface area (Å²) in [5.41, 5.74) is 9.70. The largest absolute Gasteiger partial charge is 0.330 e. The van der Waals surface area contributed by atoms with Crippen molar-refractivity contribution >= 4 is 0 Å². The highest BCUT2D eigenvalue weighted by Gasteiger charge is 2.19. The Morgan fingerprint density at radius 2 is 2.21 bits per heavy atom. The molecular weight excluding hydrogens is 174 g/mol. The van der Waals surface area contributed by atoms with Gasteiger partial charge in [-0.3, -0.25) is 5.10 Å². The lowest BCUT2D eigenvalue weighted by Gasteiger charge is -2.14. The molecule has 1 atom stereocenters. The Morgan fingerprint density at radius 1 is 1.43 bits per heavy atom. The summed E-state index contributed by atoms with van der Waals surface area (Å²) >= 11 is 0. The lowest BCUT2D eigenvalue weighted by atomic mass is 9.91. The van der Waals surface area contributed by atoms with Crippen molar-refractivity contribution in [2.75, 3.05) is 6.54 Å². The van der Waals surface area contributed by atoms with Crippen LogP contribution in [-0.4, -0.2) is 16.7 Å². The minimum Gasteiger partial charge on any atom is -0.330 e. The number of nitrogens with zero attached hydrogens (tertiary/aromatic N) is 1. The molecule has 0 aliphatic heterocycles. The quantitative estimate of drug-likeness (QED) is 0.768. The van der Waals surface area contributed by atoms with Crippen molar-refractivity contribution in [3.63, 3.8) is 0 Å². The number of hydrogen-bond acceptors (Lipinski definition) is 2. The number of aromatic nitrogens is 2. The van der Waals surface area contributed by atoms with Crippen LogP contribution in [-0.2, 0) is 12.8 Å². The summed E-state index contributed by atoms with van der Waals surface area (Å²) in [7, 11) is 0. The number of H-pyrrole nitrogens is 1. The van der Waals surface area contributed by atoms with E-state index < -0.39 is 0 Å². The molecule has 1 aromatic rings. The first kappa shape index (κ1) is 9.71. The Kier molecular flexibility index (Phi) is 2.87. The van der Waals surface area contributed by atoms with Crippen molar-refractivity contribution in [2.45, 2.75) is 44.9 Å². The molecule has 1 aromatic heterocycles. The summed E-state index contributed by atoms with van der Waals surface area (Å²) in [6.07, 6.45) is 6.04. The lowest BCUT2D eigenvalue weighted by molar-refractivity contribution is 0.642. The van der Waals surface area contributed by atoms with Crippen molar-refractivity contribution in [3.8, 4) is 0 Å². The monoisotopic (exact) mass is 193 g/mol. The van der Waals surface area contributed by atoms with Gasteiger partial charge in [-0.15, -0.1) is 0 Å². The van der Waals surface area contributed by atoms with Gasteiger partial charge in [0.2, 0.25) is 0 Å². The Hall–Kier alpha value is -0.830. The first-order chi connectivity index (χ1) is 6.83. The number of nitrogens with two attached hydrogens (primary N) is 1. The van der Waals surface area contributed by atoms with Gasteiger partial charge in [0, 0.05) is 11.6 Å². The van der Waals surface area contributed by atoms with Crippen LogP contribution in [0, 0.1) is 0 Å². The fourth-order valence-electron chi connectivity index (χ4n) is 2.30. The third-order valence-corrected chi connectivity index (χ3v) is 3.15. The standard InChI is InChI=1S/C11H19N3/c1-8(6-7-12)11-9-4-2-3-5-10(9)13-14-11/h8H,2-7,12H2,1H3,(H,13,14). The maximum Gasteiger partial charge on any atom is 0.0685 e. The summed E-state index contributed by atoms with van der Waals surface area (Å²) in [5.74, 6) is 0.512. The zero-order valence-electron chi connectivity index (χ0n) is 8.84. The van der Waals surface area contributed by atoms with E-state index in [1.807, 2.05) is 0 Å². The first-order valence-electron chi connectivity index (χ1n) is 5.59. The predicted molar refractivity (Wildman–Crippen MR) is 57.3 cm³/mol. The smallest absolute Gasteiger partial charge is 0.0685 e. The molecule has 3 nitrogen and oxygen atoms in total. The molecule has 14 heavy (non-hydrogen) atoms. The van der Waals surface area contributed by atoms with Crippen molar-refractivity contribution in [1.29, 1.82) is 0 Å². The summed E-state index contributed by atoms with van der Waals surface area (Å²) in [5, 5.41) is 7.61. The Morgan fingerprint density at radius 3 is 3.00 bits per heavy atom. The molecule has 1 aliphatic rings. The molecule has 0 saturated carbocycles. The molecule has 0 spiro atoms. The number of fused-ring (bicyclic) bond motifs is 1. The van der Waals surface area contributed by atoms with Crippen LogP contribution in [0.3, 0.4) is 0 Å². The lowest BCUT2D eigenvalue weighted by Crippen LogP contribution is -2.08. The van der Waals surface area contributed by atoms with Gasteiger partial charge in [0.05, 0.1) is 5.69 Å². The second-order valence-electron chi connectivity index (χ2n) is 4.25. The molecule has 0 bridgehead atoms. The molecule has 0 radical (unpaired) electrons. The number of aromatic amines is 1. The number of aryl methyl sites for hydroxylation is 1. The summed E-state index contributed by atoms with van der Waals surface area (Å²) in [6, 6.07) is 0. The van der Waals surface area contributed by atoms with Gasteiger partial charge in [0.25, 0.3) is 0 Å². The van der Waals surface area contributed by atoms with E-state index in [2.05, 4.69) is 17.1 Å². The average Bonchev–Trinajstić information content (AvgIpc) is 2.61. The summed E-state index contributed by atoms with van der Waals surface area (Å²) < 4.78 is 0. The first-order valence-corrected chi connectivity index (χ1v) is 5.59. The Balaban J connectivity index is 2.21. The van der Waals surface area contributed by atoms with Crippen LogP contribution < -0.4 is 5.73 Å². The van der Waals surface area contributed by atoms with E-state index in [-0.39, 0.29) is 0 Å². The molecule has 0 saturated heterocycles. The van der Waals surface area contributed by atoms with E-state index in [1.165, 1.54) is 42.6 Å². The van der Waals surface area contributed by atoms with Gasteiger partial charge in [0.1, 0.15) is 0 Å². The zero-order chi connectivity index (χ0) is 9.97. The molecule has 2 rings (SSSR count). The minimum atomic E-state index is 0.512. The molecule has 78 valence electrons.